The highest BCUT2D eigenvalue weighted by molar-refractivity contribution is 7.43. The summed E-state index contributed by atoms with van der Waals surface area (Å²) >= 11 is 0. The summed E-state index contributed by atoms with van der Waals surface area (Å²) in [6.07, 6.45) is 6.15. The molecule has 0 N–H and O–H groups in total. The van der Waals surface area contributed by atoms with Gasteiger partial charge in [-0.25, -0.2) is 4.79 Å². The summed E-state index contributed by atoms with van der Waals surface area (Å²) in [5.41, 5.74) is -0.201. The molecule has 1 unspecified atom stereocenters. The summed E-state index contributed by atoms with van der Waals surface area (Å²) in [6, 6.07) is 18.4. The Bertz CT molecular complexity index is 1070. The van der Waals surface area contributed by atoms with Gasteiger partial charge < -0.3 is 4.74 Å². The molecule has 1 fully saturated rings. The molecule has 0 saturated heterocycles. The molecule has 0 spiro atoms. The SMILES string of the molecule is CC(C)(C#CC1CCCCC1)OC(=O)c1cccc(-[s+]2ccc3ccccc32)c1. The van der Waals surface area contributed by atoms with Crippen LogP contribution in [0.5, 0.6) is 0 Å². The van der Waals surface area contributed by atoms with Crippen molar-refractivity contribution < 1.29 is 9.53 Å². The van der Waals surface area contributed by atoms with Crippen LogP contribution in [0.1, 0.15) is 56.3 Å². The van der Waals surface area contributed by atoms with Gasteiger partial charge in [-0.2, -0.15) is 0 Å². The molecule has 1 saturated carbocycles. The number of benzene rings is 2. The second-order valence-corrected chi connectivity index (χ2v) is 10.1. The number of thiophene rings is 1. The van der Waals surface area contributed by atoms with Crippen LogP contribution in [-0.4, -0.2) is 11.6 Å². The molecule has 3 aromatic rings. The largest absolute Gasteiger partial charge is 0.443 e. The van der Waals surface area contributed by atoms with Gasteiger partial charge in [0.2, 0.25) is 0 Å². The first-order valence-electron chi connectivity index (χ1n) is 10.4. The maximum Gasteiger partial charge on any atom is 0.339 e. The van der Waals surface area contributed by atoms with Crippen molar-refractivity contribution in [2.45, 2.75) is 51.6 Å². The highest BCUT2D eigenvalue weighted by Gasteiger charge is 2.24. The molecule has 3 heteroatoms. The third-order valence-corrected chi connectivity index (χ3v) is 7.41. The van der Waals surface area contributed by atoms with Gasteiger partial charge in [0.15, 0.2) is 15.2 Å². The first-order valence-corrected chi connectivity index (χ1v) is 11.7. The van der Waals surface area contributed by atoms with E-state index in [4.69, 9.17) is 4.74 Å². The van der Waals surface area contributed by atoms with Crippen molar-refractivity contribution in [3.05, 3.63) is 65.5 Å². The van der Waals surface area contributed by atoms with E-state index >= 15 is 0 Å². The molecule has 0 aliphatic heterocycles. The van der Waals surface area contributed by atoms with Crippen LogP contribution in [0.25, 0.3) is 15.0 Å². The molecule has 2 nitrogen and oxygen atoms in total. The maximum atomic E-state index is 12.8. The third-order valence-electron chi connectivity index (χ3n) is 5.39. The second-order valence-electron chi connectivity index (χ2n) is 8.21. The maximum absolute atomic E-state index is 12.8. The average molecular weight is 404 g/mol. The van der Waals surface area contributed by atoms with Gasteiger partial charge in [-0.1, -0.05) is 49.3 Å². The number of hydrogen-bond donors (Lipinski definition) is 0. The van der Waals surface area contributed by atoms with Gasteiger partial charge >= 0.3 is 5.97 Å². The topological polar surface area (TPSA) is 26.3 Å². The predicted octanol–water partition coefficient (Wildman–Crippen LogP) is 7.10. The Morgan fingerprint density at radius 3 is 2.66 bits per heavy atom. The number of carbonyl (C=O) groups is 1. The van der Waals surface area contributed by atoms with E-state index in [0.717, 1.165) is 17.7 Å². The first-order chi connectivity index (χ1) is 14.0. The van der Waals surface area contributed by atoms with Crippen molar-refractivity contribution in [1.29, 1.82) is 0 Å². The fourth-order valence-corrected chi connectivity index (χ4v) is 5.77. The molecule has 1 aromatic heterocycles. The van der Waals surface area contributed by atoms with Gasteiger partial charge in [-0.3, -0.25) is 0 Å². The van der Waals surface area contributed by atoms with E-state index in [-0.39, 0.29) is 16.4 Å². The van der Waals surface area contributed by atoms with Gasteiger partial charge in [-0.05, 0) is 51.0 Å². The molecule has 29 heavy (non-hydrogen) atoms. The van der Waals surface area contributed by atoms with Crippen molar-refractivity contribution >= 4 is 26.5 Å². The molecule has 1 aliphatic carbocycles. The van der Waals surface area contributed by atoms with Crippen molar-refractivity contribution in [3.8, 4) is 16.7 Å². The van der Waals surface area contributed by atoms with Crippen LogP contribution in [-0.2, 0) is 4.74 Å². The lowest BCUT2D eigenvalue weighted by Crippen LogP contribution is -2.26. The Balaban J connectivity index is 1.52. The minimum Gasteiger partial charge on any atom is -0.443 e. The van der Waals surface area contributed by atoms with E-state index in [1.54, 1.807) is 0 Å². The van der Waals surface area contributed by atoms with Crippen molar-refractivity contribution in [3.63, 3.8) is 0 Å². The summed E-state index contributed by atoms with van der Waals surface area (Å²) in [6.45, 7) is 3.75. The normalized spacial score (nSPS) is 15.6. The van der Waals surface area contributed by atoms with E-state index in [2.05, 4.69) is 53.6 Å². The molecule has 4 rings (SSSR count). The van der Waals surface area contributed by atoms with E-state index in [0.29, 0.717) is 11.5 Å². The Kier molecular flexibility index (Phi) is 5.74. The monoisotopic (exact) mass is 403 g/mol. The van der Waals surface area contributed by atoms with E-state index < -0.39 is 5.60 Å². The van der Waals surface area contributed by atoms with Gasteiger partial charge in [0, 0.05) is 33.9 Å². The molecular weight excluding hydrogens is 376 g/mol. The standard InChI is InChI=1S/C26H27O2S/c1-26(2,17-15-20-9-4-3-5-10-20)28-25(27)22-12-8-13-23(19-22)29-18-16-21-11-6-7-14-24(21)29/h6-8,11-14,16,18-20H,3-5,9-10H2,1-2H3/q+1. The minimum atomic E-state index is -0.785. The number of rotatable bonds is 3. The molecule has 1 aliphatic rings. The van der Waals surface area contributed by atoms with Gasteiger partial charge in [0.05, 0.1) is 5.56 Å². The third kappa shape index (κ3) is 4.71. The van der Waals surface area contributed by atoms with Crippen LogP contribution in [0.3, 0.4) is 0 Å². The summed E-state index contributed by atoms with van der Waals surface area (Å²) in [5, 5.41) is 3.47. The Labute approximate surface area is 175 Å². The lowest BCUT2D eigenvalue weighted by molar-refractivity contribution is 0.0203. The second kappa shape index (κ2) is 8.43. The summed E-state index contributed by atoms with van der Waals surface area (Å²) in [7, 11) is -0.139. The Morgan fingerprint density at radius 2 is 1.83 bits per heavy atom. The van der Waals surface area contributed by atoms with Crippen LogP contribution in [0.2, 0.25) is 0 Å². The van der Waals surface area contributed by atoms with E-state index in [1.165, 1.54) is 29.3 Å². The van der Waals surface area contributed by atoms with Crippen molar-refractivity contribution in [2.75, 3.05) is 0 Å². The van der Waals surface area contributed by atoms with Crippen LogP contribution < -0.4 is 0 Å². The number of ether oxygens (including phenoxy) is 1. The van der Waals surface area contributed by atoms with Gasteiger partial charge in [0.25, 0.3) is 0 Å². The zero-order valence-electron chi connectivity index (χ0n) is 17.1. The van der Waals surface area contributed by atoms with Gasteiger partial charge in [-0.15, -0.1) is 0 Å². The molecule has 0 radical (unpaired) electrons. The van der Waals surface area contributed by atoms with Crippen LogP contribution >= 0.6 is 10.5 Å². The minimum absolute atomic E-state index is 0.139. The number of esters is 1. The Morgan fingerprint density at radius 1 is 1.03 bits per heavy atom. The van der Waals surface area contributed by atoms with Crippen LogP contribution in [0, 0.1) is 17.8 Å². The fraction of sp³-hybridized carbons (Fsp3) is 0.346. The summed E-state index contributed by atoms with van der Waals surface area (Å²) < 4.78 is 7.08. The number of fused-ring (bicyclic) bond motifs is 1. The van der Waals surface area contributed by atoms with E-state index in [9.17, 15) is 4.79 Å². The summed E-state index contributed by atoms with van der Waals surface area (Å²) in [5.74, 6) is 6.70. The number of hydrogen-bond acceptors (Lipinski definition) is 2. The zero-order valence-corrected chi connectivity index (χ0v) is 17.9. The Hall–Kier alpha value is -2.57. The van der Waals surface area contributed by atoms with E-state index in [1.807, 2.05) is 32.0 Å². The quantitative estimate of drug-likeness (QED) is 0.265. The number of carbonyl (C=O) groups excluding carboxylic acids is 1. The lowest BCUT2D eigenvalue weighted by atomic mass is 9.89. The lowest BCUT2D eigenvalue weighted by Gasteiger charge is -2.20. The molecule has 2 aromatic carbocycles. The smallest absolute Gasteiger partial charge is 0.339 e. The first kappa shape index (κ1) is 19.7. The molecule has 0 bridgehead atoms. The highest BCUT2D eigenvalue weighted by atomic mass is 32.2. The average Bonchev–Trinajstić information content (AvgIpc) is 3.17. The van der Waals surface area contributed by atoms with Crippen LogP contribution in [0.15, 0.2) is 60.0 Å². The fourth-order valence-electron chi connectivity index (χ4n) is 3.84. The van der Waals surface area contributed by atoms with Crippen molar-refractivity contribution in [2.24, 2.45) is 5.92 Å². The molecule has 148 valence electrons. The molecular formula is C26H27O2S+. The molecule has 0 amide bonds. The molecule has 1 heterocycles. The van der Waals surface area contributed by atoms with Crippen LogP contribution in [0.4, 0.5) is 0 Å². The molecule has 1 atom stereocenters. The predicted molar refractivity (Wildman–Crippen MR) is 122 cm³/mol. The zero-order chi connectivity index (χ0) is 20.3. The van der Waals surface area contributed by atoms with Gasteiger partial charge in [0.1, 0.15) is 5.38 Å². The highest BCUT2D eigenvalue weighted by Crippen LogP contribution is 2.39. The van der Waals surface area contributed by atoms with Crippen molar-refractivity contribution in [1.82, 2.24) is 0 Å². The summed E-state index contributed by atoms with van der Waals surface area (Å²) in [4.78, 5) is 14.0.